The fraction of sp³-hybridized carbons (Fsp3) is 0.667. The van der Waals surface area contributed by atoms with Gasteiger partial charge in [-0.15, -0.1) is 0 Å². The number of ether oxygens (including phenoxy) is 1. The third-order valence-electron chi connectivity index (χ3n) is 3.59. The van der Waals surface area contributed by atoms with Gasteiger partial charge in [0.25, 0.3) is 0 Å². The summed E-state index contributed by atoms with van der Waals surface area (Å²) >= 11 is 0. The van der Waals surface area contributed by atoms with E-state index in [9.17, 15) is 0 Å². The van der Waals surface area contributed by atoms with Crippen molar-refractivity contribution in [2.75, 3.05) is 7.11 Å². The summed E-state index contributed by atoms with van der Waals surface area (Å²) in [4.78, 5) is 0. The van der Waals surface area contributed by atoms with Crippen molar-refractivity contribution in [1.29, 1.82) is 0 Å². The van der Waals surface area contributed by atoms with Gasteiger partial charge in [-0.2, -0.15) is 0 Å². The quantitative estimate of drug-likeness (QED) is 0.736. The smallest absolute Gasteiger partial charge is 0.119 e. The van der Waals surface area contributed by atoms with Crippen LogP contribution in [0.5, 0.6) is 5.75 Å². The number of hydrogen-bond acceptors (Lipinski definition) is 2. The van der Waals surface area contributed by atoms with Gasteiger partial charge in [0.15, 0.2) is 0 Å². The van der Waals surface area contributed by atoms with Crippen molar-refractivity contribution in [2.24, 2.45) is 11.8 Å². The molecule has 0 saturated heterocycles. The average Bonchev–Trinajstić information content (AvgIpc) is 2.37. The van der Waals surface area contributed by atoms with E-state index >= 15 is 0 Å². The Balaban J connectivity index is 2.70. The normalized spacial score (nSPS) is 13.2. The highest BCUT2D eigenvalue weighted by atomic mass is 16.5. The van der Waals surface area contributed by atoms with E-state index in [1.165, 1.54) is 18.4 Å². The molecule has 0 fully saturated rings. The Labute approximate surface area is 124 Å². The minimum Gasteiger partial charge on any atom is -0.497 e. The summed E-state index contributed by atoms with van der Waals surface area (Å²) in [6.07, 6.45) is 2.46. The molecule has 0 heterocycles. The van der Waals surface area contributed by atoms with E-state index in [0.717, 1.165) is 17.6 Å². The van der Waals surface area contributed by atoms with E-state index < -0.39 is 0 Å². The first-order valence-electron chi connectivity index (χ1n) is 7.82. The van der Waals surface area contributed by atoms with Crippen LogP contribution in [0.3, 0.4) is 0 Å². The minimum atomic E-state index is 0.354. The molecule has 0 radical (unpaired) electrons. The van der Waals surface area contributed by atoms with E-state index in [1.807, 2.05) is 6.07 Å². The van der Waals surface area contributed by atoms with Crippen molar-refractivity contribution < 1.29 is 4.74 Å². The standard InChI is InChI=1S/C18H31NO/c1-13(2)10-17(11-14(3)4)19-15(5)16-8-7-9-18(12-16)20-6/h7-9,12-15,17,19H,10-11H2,1-6H3. The highest BCUT2D eigenvalue weighted by Gasteiger charge is 2.16. The Bertz CT molecular complexity index is 377. The maximum atomic E-state index is 5.31. The van der Waals surface area contributed by atoms with Gasteiger partial charge in [-0.25, -0.2) is 0 Å². The third kappa shape index (κ3) is 5.96. The molecule has 0 bridgehead atoms. The van der Waals surface area contributed by atoms with Crippen LogP contribution >= 0.6 is 0 Å². The van der Waals surface area contributed by atoms with Crippen molar-refractivity contribution in [3.8, 4) is 5.75 Å². The van der Waals surface area contributed by atoms with Crippen molar-refractivity contribution in [3.05, 3.63) is 29.8 Å². The molecule has 0 amide bonds. The number of methoxy groups -OCH3 is 1. The number of rotatable bonds is 8. The molecule has 20 heavy (non-hydrogen) atoms. The van der Waals surface area contributed by atoms with Crippen LogP contribution in [0, 0.1) is 11.8 Å². The van der Waals surface area contributed by atoms with Gasteiger partial charge in [-0.3, -0.25) is 0 Å². The molecule has 0 aliphatic rings. The molecular formula is C18H31NO. The Morgan fingerprint density at radius 3 is 2.10 bits per heavy atom. The van der Waals surface area contributed by atoms with Crippen LogP contribution in [-0.4, -0.2) is 13.2 Å². The molecule has 2 nitrogen and oxygen atoms in total. The Kier molecular flexibility index (Phi) is 7.08. The maximum absolute atomic E-state index is 5.31. The molecule has 1 aromatic rings. The van der Waals surface area contributed by atoms with E-state index in [1.54, 1.807) is 7.11 Å². The van der Waals surface area contributed by atoms with Crippen molar-refractivity contribution in [3.63, 3.8) is 0 Å². The second-order valence-corrected chi connectivity index (χ2v) is 6.62. The summed E-state index contributed by atoms with van der Waals surface area (Å²) in [5.74, 6) is 2.38. The predicted molar refractivity (Wildman–Crippen MR) is 87.2 cm³/mol. The summed E-state index contributed by atoms with van der Waals surface area (Å²) in [7, 11) is 1.72. The molecule has 0 aliphatic carbocycles. The van der Waals surface area contributed by atoms with Crippen molar-refractivity contribution >= 4 is 0 Å². The summed E-state index contributed by atoms with van der Waals surface area (Å²) in [5, 5.41) is 3.79. The second kappa shape index (κ2) is 8.31. The molecule has 0 spiro atoms. The molecule has 1 rings (SSSR count). The highest BCUT2D eigenvalue weighted by molar-refractivity contribution is 5.30. The van der Waals surface area contributed by atoms with Gasteiger partial charge >= 0.3 is 0 Å². The lowest BCUT2D eigenvalue weighted by atomic mass is 9.94. The summed E-state index contributed by atoms with van der Waals surface area (Å²) in [6, 6.07) is 9.28. The van der Waals surface area contributed by atoms with Gasteiger partial charge in [-0.1, -0.05) is 39.8 Å². The molecule has 1 aromatic carbocycles. The second-order valence-electron chi connectivity index (χ2n) is 6.62. The van der Waals surface area contributed by atoms with Crippen LogP contribution in [0.4, 0.5) is 0 Å². The van der Waals surface area contributed by atoms with E-state index in [-0.39, 0.29) is 0 Å². The monoisotopic (exact) mass is 277 g/mol. The topological polar surface area (TPSA) is 21.3 Å². The lowest BCUT2D eigenvalue weighted by Gasteiger charge is -2.26. The van der Waals surface area contributed by atoms with Gasteiger partial charge in [0.1, 0.15) is 5.75 Å². The fourth-order valence-corrected chi connectivity index (χ4v) is 2.73. The Morgan fingerprint density at radius 1 is 1.00 bits per heavy atom. The van der Waals surface area contributed by atoms with Gasteiger partial charge in [-0.05, 0) is 49.3 Å². The zero-order valence-corrected chi connectivity index (χ0v) is 13.9. The zero-order chi connectivity index (χ0) is 15.1. The molecule has 0 aromatic heterocycles. The largest absolute Gasteiger partial charge is 0.497 e. The summed E-state index contributed by atoms with van der Waals surface area (Å²) in [6.45, 7) is 11.4. The highest BCUT2D eigenvalue weighted by Crippen LogP contribution is 2.22. The first kappa shape index (κ1) is 17.0. The van der Waals surface area contributed by atoms with Gasteiger partial charge in [0, 0.05) is 12.1 Å². The predicted octanol–water partition coefficient (Wildman–Crippen LogP) is 4.81. The lowest BCUT2D eigenvalue weighted by Crippen LogP contribution is -2.34. The van der Waals surface area contributed by atoms with Crippen LogP contribution in [0.2, 0.25) is 0 Å². The lowest BCUT2D eigenvalue weighted by molar-refractivity contribution is 0.334. The van der Waals surface area contributed by atoms with Crippen LogP contribution in [0.1, 0.15) is 59.1 Å². The summed E-state index contributed by atoms with van der Waals surface area (Å²) in [5.41, 5.74) is 1.29. The van der Waals surface area contributed by atoms with E-state index in [4.69, 9.17) is 4.74 Å². The SMILES string of the molecule is COc1cccc(C(C)NC(CC(C)C)CC(C)C)c1. The average molecular weight is 277 g/mol. The molecular weight excluding hydrogens is 246 g/mol. The van der Waals surface area contributed by atoms with Crippen LogP contribution in [-0.2, 0) is 0 Å². The fourth-order valence-electron chi connectivity index (χ4n) is 2.73. The van der Waals surface area contributed by atoms with Gasteiger partial charge < -0.3 is 10.1 Å². The van der Waals surface area contributed by atoms with Crippen molar-refractivity contribution in [2.45, 2.75) is 59.5 Å². The summed E-state index contributed by atoms with van der Waals surface area (Å²) < 4.78 is 5.31. The zero-order valence-electron chi connectivity index (χ0n) is 13.9. The van der Waals surface area contributed by atoms with Gasteiger partial charge in [0.2, 0.25) is 0 Å². The molecule has 114 valence electrons. The molecule has 0 saturated carbocycles. The third-order valence-corrected chi connectivity index (χ3v) is 3.59. The molecule has 1 unspecified atom stereocenters. The van der Waals surface area contributed by atoms with Gasteiger partial charge in [0.05, 0.1) is 7.11 Å². The molecule has 1 atom stereocenters. The molecule has 0 aliphatic heterocycles. The number of nitrogens with one attached hydrogen (secondary N) is 1. The molecule has 2 heteroatoms. The number of hydrogen-bond donors (Lipinski definition) is 1. The van der Waals surface area contributed by atoms with Crippen LogP contribution in [0.25, 0.3) is 0 Å². The Hall–Kier alpha value is -1.02. The van der Waals surface area contributed by atoms with Crippen LogP contribution in [0.15, 0.2) is 24.3 Å². The van der Waals surface area contributed by atoms with E-state index in [2.05, 4.69) is 58.1 Å². The maximum Gasteiger partial charge on any atom is 0.119 e. The first-order valence-corrected chi connectivity index (χ1v) is 7.82. The van der Waals surface area contributed by atoms with E-state index in [0.29, 0.717) is 12.1 Å². The number of benzene rings is 1. The molecule has 1 N–H and O–H groups in total. The minimum absolute atomic E-state index is 0.354. The van der Waals surface area contributed by atoms with Crippen LogP contribution < -0.4 is 10.1 Å². The first-order chi connectivity index (χ1) is 9.42. The Morgan fingerprint density at radius 2 is 1.60 bits per heavy atom. The van der Waals surface area contributed by atoms with Crippen molar-refractivity contribution in [1.82, 2.24) is 5.32 Å².